The third-order valence-corrected chi connectivity index (χ3v) is 5.64. The van der Waals surface area contributed by atoms with Crippen LogP contribution in [-0.4, -0.2) is 56.1 Å². The van der Waals surface area contributed by atoms with E-state index in [1.807, 2.05) is 42.5 Å². The lowest BCUT2D eigenvalue weighted by Crippen LogP contribution is -2.47. The molecule has 3 amide bonds. The Bertz CT molecular complexity index is 847. The van der Waals surface area contributed by atoms with Crippen molar-refractivity contribution in [3.63, 3.8) is 0 Å². The Balaban J connectivity index is 1.28. The van der Waals surface area contributed by atoms with E-state index < -0.39 is 0 Å². The molecule has 0 unspecified atom stereocenters. The summed E-state index contributed by atoms with van der Waals surface area (Å²) in [6.45, 7) is 5.00. The van der Waals surface area contributed by atoms with Gasteiger partial charge in [0.05, 0.1) is 22.9 Å². The molecule has 0 spiro atoms. The maximum atomic E-state index is 11.8. The average Bonchev–Trinajstić information content (AvgIpc) is 3.06. The maximum absolute atomic E-state index is 11.8. The molecule has 4 rings (SSSR count). The van der Waals surface area contributed by atoms with E-state index in [1.165, 1.54) is 10.5 Å². The molecule has 2 fully saturated rings. The van der Waals surface area contributed by atoms with Crippen LogP contribution in [0.2, 0.25) is 5.02 Å². The van der Waals surface area contributed by atoms with Crippen LogP contribution in [0.4, 0.5) is 16.2 Å². The Labute approximate surface area is 169 Å². The number of carbonyl (C=O) groups is 2. The zero-order valence-corrected chi connectivity index (χ0v) is 16.4. The number of halogens is 1. The minimum atomic E-state index is -0.353. The molecule has 0 bridgehead atoms. The van der Waals surface area contributed by atoms with Crippen LogP contribution >= 0.6 is 11.6 Å². The van der Waals surface area contributed by atoms with Crippen molar-refractivity contribution in [3.05, 3.63) is 59.1 Å². The number of imide groups is 1. The van der Waals surface area contributed by atoms with Crippen LogP contribution in [0, 0.1) is 0 Å². The van der Waals surface area contributed by atoms with Crippen LogP contribution < -0.4 is 15.1 Å². The summed E-state index contributed by atoms with van der Waals surface area (Å²) in [5.74, 6) is -0.214. The van der Waals surface area contributed by atoms with Crippen molar-refractivity contribution in [1.82, 2.24) is 10.2 Å². The van der Waals surface area contributed by atoms with Gasteiger partial charge in [0.2, 0.25) is 0 Å². The highest BCUT2D eigenvalue weighted by Crippen LogP contribution is 2.26. The number of amides is 3. The van der Waals surface area contributed by atoms with Gasteiger partial charge in [0.1, 0.15) is 0 Å². The summed E-state index contributed by atoms with van der Waals surface area (Å²) in [6.07, 6.45) is 0.937. The lowest BCUT2D eigenvalue weighted by Gasteiger charge is -2.36. The van der Waals surface area contributed by atoms with E-state index >= 15 is 0 Å². The largest absolute Gasteiger partial charge is 0.368 e. The number of urea groups is 1. The lowest BCUT2D eigenvalue weighted by atomic mass is 10.1. The second-order valence-electron chi connectivity index (χ2n) is 7.08. The SMILES string of the molecule is O=C1CNC(=O)N1c1ccc(CCN2CCN(c3ccccc3Cl)CC2)cc1. The third-order valence-electron chi connectivity index (χ3n) is 5.32. The maximum Gasteiger partial charge on any atom is 0.329 e. The number of nitrogens with one attached hydrogen (secondary N) is 1. The second kappa shape index (κ2) is 8.20. The molecular weight excluding hydrogens is 376 g/mol. The summed E-state index contributed by atoms with van der Waals surface area (Å²) in [5, 5.41) is 3.34. The molecule has 0 atom stereocenters. The van der Waals surface area contributed by atoms with Gasteiger partial charge in [0, 0.05) is 32.7 Å². The van der Waals surface area contributed by atoms with Gasteiger partial charge in [-0.1, -0.05) is 35.9 Å². The van der Waals surface area contributed by atoms with Crippen molar-refractivity contribution in [2.75, 3.05) is 49.1 Å². The molecule has 2 aromatic carbocycles. The van der Waals surface area contributed by atoms with Crippen LogP contribution in [0.3, 0.4) is 0 Å². The lowest BCUT2D eigenvalue weighted by molar-refractivity contribution is -0.115. The number of carbonyl (C=O) groups excluding carboxylic acids is 2. The van der Waals surface area contributed by atoms with E-state index in [4.69, 9.17) is 11.6 Å². The predicted octanol–water partition coefficient (Wildman–Crippen LogP) is 2.76. The normalized spacial score (nSPS) is 17.9. The predicted molar refractivity (Wildman–Crippen MR) is 111 cm³/mol. The molecule has 1 N–H and O–H groups in total. The van der Waals surface area contributed by atoms with Gasteiger partial charge >= 0.3 is 6.03 Å². The molecule has 2 aromatic rings. The summed E-state index contributed by atoms with van der Waals surface area (Å²) in [5.41, 5.74) is 2.93. The number of rotatable bonds is 5. The summed E-state index contributed by atoms with van der Waals surface area (Å²) < 4.78 is 0. The summed E-state index contributed by atoms with van der Waals surface area (Å²) in [6, 6.07) is 15.3. The first-order valence-corrected chi connectivity index (χ1v) is 9.91. The van der Waals surface area contributed by atoms with Gasteiger partial charge in [-0.25, -0.2) is 9.69 Å². The minimum Gasteiger partial charge on any atom is -0.368 e. The number of piperazine rings is 1. The molecule has 2 aliphatic heterocycles. The Hall–Kier alpha value is -2.57. The third kappa shape index (κ3) is 3.98. The van der Waals surface area contributed by atoms with Gasteiger partial charge in [-0.05, 0) is 36.2 Å². The van der Waals surface area contributed by atoms with Gasteiger partial charge in [0.15, 0.2) is 0 Å². The first kappa shape index (κ1) is 18.8. The number of anilines is 2. The fourth-order valence-corrected chi connectivity index (χ4v) is 3.96. The molecular formula is C21H23ClN4O2. The highest BCUT2D eigenvalue weighted by Gasteiger charge is 2.29. The first-order valence-electron chi connectivity index (χ1n) is 9.53. The van der Waals surface area contributed by atoms with E-state index in [2.05, 4.69) is 21.2 Å². The first-order chi connectivity index (χ1) is 13.6. The van der Waals surface area contributed by atoms with E-state index in [9.17, 15) is 9.59 Å². The standard InChI is InChI=1S/C21H23ClN4O2/c22-18-3-1-2-4-19(18)25-13-11-24(12-14-25)10-9-16-5-7-17(8-6-16)26-20(27)15-23-21(26)28/h1-8H,9-15H2,(H,23,28). The van der Waals surface area contributed by atoms with Crippen molar-refractivity contribution < 1.29 is 9.59 Å². The van der Waals surface area contributed by atoms with E-state index in [0.29, 0.717) is 5.69 Å². The summed E-state index contributed by atoms with van der Waals surface area (Å²) in [7, 11) is 0. The Morgan fingerprint density at radius 2 is 1.64 bits per heavy atom. The quantitative estimate of drug-likeness (QED) is 0.787. The van der Waals surface area contributed by atoms with Crippen LogP contribution in [0.5, 0.6) is 0 Å². The number of para-hydroxylation sites is 1. The number of hydrogen-bond donors (Lipinski definition) is 1. The van der Waals surface area contributed by atoms with Gasteiger partial charge in [0.25, 0.3) is 5.91 Å². The van der Waals surface area contributed by atoms with Crippen LogP contribution in [-0.2, 0) is 11.2 Å². The monoisotopic (exact) mass is 398 g/mol. The minimum absolute atomic E-state index is 0.0702. The molecule has 2 aliphatic rings. The molecule has 7 heteroatoms. The van der Waals surface area contributed by atoms with E-state index in [-0.39, 0.29) is 18.5 Å². The highest BCUT2D eigenvalue weighted by molar-refractivity contribution is 6.33. The number of nitrogens with zero attached hydrogens (tertiary/aromatic N) is 3. The second-order valence-corrected chi connectivity index (χ2v) is 7.49. The van der Waals surface area contributed by atoms with Crippen LogP contribution in [0.1, 0.15) is 5.56 Å². The molecule has 0 aliphatic carbocycles. The van der Waals surface area contributed by atoms with Crippen molar-refractivity contribution in [3.8, 4) is 0 Å². The van der Waals surface area contributed by atoms with Crippen molar-refractivity contribution >= 4 is 34.9 Å². The smallest absolute Gasteiger partial charge is 0.329 e. The molecule has 0 radical (unpaired) electrons. The topological polar surface area (TPSA) is 55.9 Å². The number of benzene rings is 2. The van der Waals surface area contributed by atoms with Gasteiger partial charge in [-0.15, -0.1) is 0 Å². The fourth-order valence-electron chi connectivity index (χ4n) is 3.70. The molecule has 0 aromatic heterocycles. The van der Waals surface area contributed by atoms with Crippen molar-refractivity contribution in [1.29, 1.82) is 0 Å². The fraction of sp³-hybridized carbons (Fsp3) is 0.333. The molecule has 28 heavy (non-hydrogen) atoms. The van der Waals surface area contributed by atoms with Crippen molar-refractivity contribution in [2.24, 2.45) is 0 Å². The molecule has 0 saturated carbocycles. The molecule has 2 saturated heterocycles. The van der Waals surface area contributed by atoms with Crippen LogP contribution in [0.25, 0.3) is 0 Å². The zero-order chi connectivity index (χ0) is 19.5. The van der Waals surface area contributed by atoms with Gasteiger partial charge in [-0.3, -0.25) is 9.69 Å². The van der Waals surface area contributed by atoms with E-state index in [0.717, 1.165) is 49.9 Å². The number of hydrogen-bond acceptors (Lipinski definition) is 4. The molecule has 146 valence electrons. The Morgan fingerprint density at radius 3 is 2.29 bits per heavy atom. The zero-order valence-electron chi connectivity index (χ0n) is 15.6. The van der Waals surface area contributed by atoms with Gasteiger partial charge in [-0.2, -0.15) is 0 Å². The highest BCUT2D eigenvalue weighted by atomic mass is 35.5. The Kier molecular flexibility index (Phi) is 5.50. The average molecular weight is 399 g/mol. The summed E-state index contributed by atoms with van der Waals surface area (Å²) >= 11 is 6.31. The van der Waals surface area contributed by atoms with Gasteiger partial charge < -0.3 is 10.2 Å². The molecule has 2 heterocycles. The Morgan fingerprint density at radius 1 is 0.929 bits per heavy atom. The van der Waals surface area contributed by atoms with E-state index in [1.54, 1.807) is 0 Å². The van der Waals surface area contributed by atoms with Crippen LogP contribution in [0.15, 0.2) is 48.5 Å². The molecule has 6 nitrogen and oxygen atoms in total. The summed E-state index contributed by atoms with van der Waals surface area (Å²) in [4.78, 5) is 29.5. The van der Waals surface area contributed by atoms with Crippen molar-refractivity contribution in [2.45, 2.75) is 6.42 Å².